The number of nitrogens with zero attached hydrogens (tertiary/aromatic N) is 2. The average Bonchev–Trinajstić information content (AvgIpc) is 3.24. The second-order valence-electron chi connectivity index (χ2n) is 4.61. The first kappa shape index (κ1) is 13.9. The number of nitrogens with one attached hydrogen (secondary N) is 1. The Morgan fingerprint density at radius 1 is 1.40 bits per heavy atom. The number of amides is 2. The molecule has 0 radical (unpaired) electrons. The third-order valence-corrected chi connectivity index (χ3v) is 3.11. The molecule has 0 aliphatic heterocycles. The summed E-state index contributed by atoms with van der Waals surface area (Å²) in [6, 6.07) is 8.09. The summed E-state index contributed by atoms with van der Waals surface area (Å²) in [5.41, 5.74) is 0.324. The number of urea groups is 1. The molecule has 2 amide bonds. The Kier molecular flexibility index (Phi) is 4.20. The van der Waals surface area contributed by atoms with Gasteiger partial charge in [0.1, 0.15) is 0 Å². The number of carboxylic acids is 1. The van der Waals surface area contributed by atoms with Gasteiger partial charge in [-0.15, -0.1) is 0 Å². The van der Waals surface area contributed by atoms with Crippen LogP contribution in [0.4, 0.5) is 10.5 Å². The highest BCUT2D eigenvalue weighted by Crippen LogP contribution is 2.28. The molecule has 0 unspecified atom stereocenters. The van der Waals surface area contributed by atoms with Crippen molar-refractivity contribution in [2.24, 2.45) is 0 Å². The second-order valence-corrected chi connectivity index (χ2v) is 4.61. The fraction of sp³-hybridized carbons (Fsp3) is 0.357. The summed E-state index contributed by atoms with van der Waals surface area (Å²) < 4.78 is 0. The first-order valence-electron chi connectivity index (χ1n) is 6.40. The molecule has 6 nitrogen and oxygen atoms in total. The number of rotatable bonds is 5. The molecule has 20 heavy (non-hydrogen) atoms. The lowest BCUT2D eigenvalue weighted by Crippen LogP contribution is -2.37. The number of nitriles is 1. The Morgan fingerprint density at radius 3 is 2.70 bits per heavy atom. The zero-order valence-electron chi connectivity index (χ0n) is 10.9. The van der Waals surface area contributed by atoms with Gasteiger partial charge in [-0.1, -0.05) is 12.1 Å². The number of aromatic carboxylic acids is 1. The highest BCUT2D eigenvalue weighted by molar-refractivity contribution is 6.00. The summed E-state index contributed by atoms with van der Waals surface area (Å²) in [6.07, 6.45) is 2.13. The molecule has 1 aliphatic carbocycles. The van der Waals surface area contributed by atoms with Gasteiger partial charge in [-0.25, -0.2) is 9.59 Å². The van der Waals surface area contributed by atoms with Crippen LogP contribution in [0.25, 0.3) is 0 Å². The van der Waals surface area contributed by atoms with Crippen molar-refractivity contribution >= 4 is 17.7 Å². The summed E-state index contributed by atoms with van der Waals surface area (Å²) in [5, 5.41) is 20.3. The van der Waals surface area contributed by atoms with Crippen LogP contribution in [0.1, 0.15) is 29.6 Å². The van der Waals surface area contributed by atoms with E-state index >= 15 is 0 Å². The first-order valence-corrected chi connectivity index (χ1v) is 6.40. The van der Waals surface area contributed by atoms with Gasteiger partial charge >= 0.3 is 12.0 Å². The van der Waals surface area contributed by atoms with E-state index in [1.165, 1.54) is 6.07 Å². The predicted octanol–water partition coefficient (Wildman–Crippen LogP) is 2.29. The molecule has 1 aromatic carbocycles. The largest absolute Gasteiger partial charge is 0.478 e. The highest BCUT2D eigenvalue weighted by atomic mass is 16.4. The van der Waals surface area contributed by atoms with Crippen LogP contribution in [-0.2, 0) is 0 Å². The van der Waals surface area contributed by atoms with Crippen LogP contribution in [0, 0.1) is 11.3 Å². The molecule has 1 saturated carbocycles. The molecule has 0 saturated heterocycles. The Bertz CT molecular complexity index is 561. The number of anilines is 1. The van der Waals surface area contributed by atoms with Crippen molar-refractivity contribution in [2.45, 2.75) is 25.3 Å². The molecule has 2 rings (SSSR count). The smallest absolute Gasteiger partial charge is 0.337 e. The van der Waals surface area contributed by atoms with E-state index in [0.29, 0.717) is 6.54 Å². The fourth-order valence-corrected chi connectivity index (χ4v) is 1.97. The molecular formula is C14H15N3O3. The van der Waals surface area contributed by atoms with Crippen molar-refractivity contribution in [3.05, 3.63) is 29.8 Å². The fourth-order valence-electron chi connectivity index (χ4n) is 1.97. The monoisotopic (exact) mass is 273 g/mol. The van der Waals surface area contributed by atoms with E-state index in [-0.39, 0.29) is 29.7 Å². The van der Waals surface area contributed by atoms with E-state index in [1.807, 2.05) is 6.07 Å². The van der Waals surface area contributed by atoms with Gasteiger partial charge in [0.2, 0.25) is 0 Å². The highest BCUT2D eigenvalue weighted by Gasteiger charge is 2.32. The summed E-state index contributed by atoms with van der Waals surface area (Å²) in [6.45, 7) is 0.363. The summed E-state index contributed by atoms with van der Waals surface area (Å²) in [4.78, 5) is 24.9. The minimum absolute atomic E-state index is 0.0527. The van der Waals surface area contributed by atoms with Gasteiger partial charge in [0.05, 0.1) is 23.7 Å². The van der Waals surface area contributed by atoms with Crippen LogP contribution in [0.5, 0.6) is 0 Å². The van der Waals surface area contributed by atoms with E-state index in [2.05, 4.69) is 5.32 Å². The van der Waals surface area contributed by atoms with Crippen LogP contribution < -0.4 is 5.32 Å². The third kappa shape index (κ3) is 3.26. The van der Waals surface area contributed by atoms with Gasteiger partial charge in [0.15, 0.2) is 0 Å². The maximum atomic E-state index is 12.2. The van der Waals surface area contributed by atoms with Crippen LogP contribution in [-0.4, -0.2) is 34.6 Å². The lowest BCUT2D eigenvalue weighted by Gasteiger charge is -2.22. The van der Waals surface area contributed by atoms with Crippen molar-refractivity contribution in [1.29, 1.82) is 5.26 Å². The van der Waals surface area contributed by atoms with E-state index in [9.17, 15) is 9.59 Å². The van der Waals surface area contributed by atoms with E-state index in [0.717, 1.165) is 12.8 Å². The molecule has 1 aromatic rings. The Labute approximate surface area is 116 Å². The molecule has 1 fully saturated rings. The van der Waals surface area contributed by atoms with Crippen LogP contribution in [0.15, 0.2) is 24.3 Å². The molecule has 2 N–H and O–H groups in total. The van der Waals surface area contributed by atoms with Crippen molar-refractivity contribution in [2.75, 3.05) is 11.9 Å². The van der Waals surface area contributed by atoms with Gasteiger partial charge in [-0.3, -0.25) is 0 Å². The topological polar surface area (TPSA) is 93.4 Å². The molecule has 104 valence electrons. The minimum atomic E-state index is -1.09. The number of hydrogen-bond donors (Lipinski definition) is 2. The molecular weight excluding hydrogens is 258 g/mol. The molecule has 0 atom stereocenters. The second kappa shape index (κ2) is 6.06. The number of carbonyl (C=O) groups is 2. The quantitative estimate of drug-likeness (QED) is 0.860. The lowest BCUT2D eigenvalue weighted by molar-refractivity contribution is 0.0698. The third-order valence-electron chi connectivity index (χ3n) is 3.11. The van der Waals surface area contributed by atoms with Crippen LogP contribution in [0.2, 0.25) is 0 Å². The van der Waals surface area contributed by atoms with Crippen molar-refractivity contribution < 1.29 is 14.7 Å². The zero-order chi connectivity index (χ0) is 14.5. The van der Waals surface area contributed by atoms with E-state index in [1.54, 1.807) is 23.1 Å². The number of benzene rings is 1. The SMILES string of the molecule is N#CCCN(C(=O)Nc1ccccc1C(=O)O)C1CC1. The van der Waals surface area contributed by atoms with Crippen LogP contribution >= 0.6 is 0 Å². The van der Waals surface area contributed by atoms with Crippen molar-refractivity contribution in [3.8, 4) is 6.07 Å². The first-order chi connectivity index (χ1) is 9.63. The summed E-state index contributed by atoms with van der Waals surface area (Å²) >= 11 is 0. The molecule has 0 spiro atoms. The van der Waals surface area contributed by atoms with Crippen molar-refractivity contribution in [3.63, 3.8) is 0 Å². The molecule has 0 aromatic heterocycles. The molecule has 1 aliphatic rings. The number of hydrogen-bond acceptors (Lipinski definition) is 3. The molecule has 6 heteroatoms. The van der Waals surface area contributed by atoms with Crippen LogP contribution in [0.3, 0.4) is 0 Å². The molecule has 0 bridgehead atoms. The predicted molar refractivity (Wildman–Crippen MR) is 72.4 cm³/mol. The van der Waals surface area contributed by atoms with Gasteiger partial charge in [0, 0.05) is 12.6 Å². The van der Waals surface area contributed by atoms with Crippen molar-refractivity contribution in [1.82, 2.24) is 4.90 Å². The zero-order valence-corrected chi connectivity index (χ0v) is 10.9. The maximum Gasteiger partial charge on any atom is 0.337 e. The normalized spacial score (nSPS) is 13.3. The Hall–Kier alpha value is -2.55. The maximum absolute atomic E-state index is 12.2. The summed E-state index contributed by atoms with van der Waals surface area (Å²) in [7, 11) is 0. The lowest BCUT2D eigenvalue weighted by atomic mass is 10.2. The number of carbonyl (C=O) groups excluding carboxylic acids is 1. The van der Waals surface area contributed by atoms with E-state index < -0.39 is 5.97 Å². The Balaban J connectivity index is 2.10. The van der Waals surface area contributed by atoms with Gasteiger partial charge in [0.25, 0.3) is 0 Å². The number of carboxylic acid groups (broad SMARTS) is 1. The standard InChI is InChI=1S/C14H15N3O3/c15-8-3-9-17(10-6-7-10)14(20)16-12-5-2-1-4-11(12)13(18)19/h1-2,4-5,10H,3,6-7,9H2,(H,16,20)(H,18,19). The van der Waals surface area contributed by atoms with Gasteiger partial charge in [-0.05, 0) is 25.0 Å². The minimum Gasteiger partial charge on any atom is -0.478 e. The molecule has 0 heterocycles. The number of para-hydroxylation sites is 1. The average molecular weight is 273 g/mol. The van der Waals surface area contributed by atoms with Gasteiger partial charge < -0.3 is 15.3 Å². The Morgan fingerprint density at radius 2 is 2.10 bits per heavy atom. The van der Waals surface area contributed by atoms with E-state index in [4.69, 9.17) is 10.4 Å². The van der Waals surface area contributed by atoms with Gasteiger partial charge in [-0.2, -0.15) is 5.26 Å². The summed E-state index contributed by atoms with van der Waals surface area (Å²) in [5.74, 6) is -1.09.